The molecule has 0 aliphatic heterocycles. The molecule has 0 aromatic carbocycles. The van der Waals surface area contributed by atoms with E-state index in [0.717, 1.165) is 0 Å². The first kappa shape index (κ1) is 22.5. The Morgan fingerprint density at radius 1 is 1.12 bits per heavy atom. The van der Waals surface area contributed by atoms with Crippen LogP contribution in [0.1, 0.15) is 2.85 Å². The Labute approximate surface area is 135 Å². The quantitative estimate of drug-likeness (QED) is 0.296. The zero-order valence-electron chi connectivity index (χ0n) is 6.62. The molecule has 0 amide bonds. The molecule has 0 fully saturated rings. The number of hydrogen-bond acceptors (Lipinski definition) is 2. The van der Waals surface area contributed by atoms with Crippen molar-refractivity contribution in [2.75, 3.05) is 0 Å². The molecule has 0 saturated carbocycles. The molecule has 4 N–H and O–H groups in total. The summed E-state index contributed by atoms with van der Waals surface area (Å²) in [4.78, 5) is 0. The van der Waals surface area contributed by atoms with Gasteiger partial charge < -0.3 is 8.33 Å². The van der Waals surface area contributed by atoms with E-state index in [9.17, 15) is 0 Å². The third-order valence-corrected chi connectivity index (χ3v) is 0. The Morgan fingerprint density at radius 3 is 1.12 bits per heavy atom. The average Bonchev–Trinajstić information content (AvgIpc) is 0.722. The van der Waals surface area contributed by atoms with E-state index in [2.05, 4.69) is 0 Å². The maximum Gasteiger partial charge on any atom is 1.00 e. The van der Waals surface area contributed by atoms with Crippen LogP contribution in [-0.4, -0.2) is 23.0 Å². The predicted molar refractivity (Wildman–Crippen MR) is 20.0 cm³/mol. The average molecular weight is 196 g/mol. The van der Waals surface area contributed by atoms with Crippen LogP contribution in [0.4, 0.5) is 0 Å². The van der Waals surface area contributed by atoms with Gasteiger partial charge in [0.2, 0.25) is 0 Å². The van der Waals surface area contributed by atoms with E-state index >= 15 is 0 Å². The maximum absolute atomic E-state index is 8.74. The molecule has 0 aromatic heterocycles. The molecule has 8 heavy (non-hydrogen) atoms. The van der Waals surface area contributed by atoms with E-state index in [1.54, 1.807) is 0 Å². The smallest absolute Gasteiger partial charge is 1.00 e. The van der Waals surface area contributed by atoms with Crippen LogP contribution >= 0.6 is 0 Å². The normalized spacial score (nSPS) is 7.25. The Kier molecular flexibility index (Phi) is 28.4. The van der Waals surface area contributed by atoms with Gasteiger partial charge in [0.25, 0.3) is 0 Å². The van der Waals surface area contributed by atoms with Crippen molar-refractivity contribution < 1.29 is 129 Å². The fourth-order valence-corrected chi connectivity index (χ4v) is 0. The topological polar surface area (TPSA) is 106 Å². The minimum absolute atomic E-state index is 0. The SMILES string of the molecule is O.O=S(=O)(O)O.[H-].[H-].[K+].[K+]. The summed E-state index contributed by atoms with van der Waals surface area (Å²) in [5.41, 5.74) is 0. The molecule has 0 radical (unpaired) electrons. The Hall–Kier alpha value is 3.10. The van der Waals surface area contributed by atoms with E-state index in [1.807, 2.05) is 0 Å². The van der Waals surface area contributed by atoms with Crippen LogP contribution < -0.4 is 103 Å². The van der Waals surface area contributed by atoms with E-state index in [-0.39, 0.29) is 111 Å². The Balaban J connectivity index is -0.00000000800. The maximum atomic E-state index is 8.74. The van der Waals surface area contributed by atoms with Crippen LogP contribution in [0.15, 0.2) is 0 Å². The molecule has 8 heteroatoms. The van der Waals surface area contributed by atoms with Gasteiger partial charge in [-0.25, -0.2) is 0 Å². The van der Waals surface area contributed by atoms with Gasteiger partial charge in [0, 0.05) is 0 Å². The Bertz CT molecular complexity index is 101. The summed E-state index contributed by atoms with van der Waals surface area (Å²) in [5, 5.41) is 0. The standard InChI is InChI=1S/2K.H2O4S.H2O.2H/c;;1-5(2,3)4;;;/h;;(H2,1,2,3,4);1H2;;/q2*+1;;;2*-1. The first-order valence-corrected chi connectivity index (χ1v) is 2.10. The van der Waals surface area contributed by atoms with Crippen molar-refractivity contribution in [3.63, 3.8) is 0 Å². The third-order valence-electron chi connectivity index (χ3n) is 0. The van der Waals surface area contributed by atoms with Gasteiger partial charge in [-0.15, -0.1) is 0 Å². The van der Waals surface area contributed by atoms with Gasteiger partial charge in [-0.05, 0) is 0 Å². The zero-order chi connectivity index (χ0) is 4.50. The van der Waals surface area contributed by atoms with Crippen LogP contribution in [0.2, 0.25) is 0 Å². The molecular formula is H6K2O5S. The van der Waals surface area contributed by atoms with Crippen molar-refractivity contribution in [2.24, 2.45) is 0 Å². The zero-order valence-corrected chi connectivity index (χ0v) is 11.7. The van der Waals surface area contributed by atoms with E-state index < -0.39 is 10.4 Å². The van der Waals surface area contributed by atoms with Gasteiger partial charge in [0.05, 0.1) is 0 Å². The molecule has 44 valence electrons. The molecule has 0 heterocycles. The monoisotopic (exact) mass is 196 g/mol. The summed E-state index contributed by atoms with van der Waals surface area (Å²) in [6.45, 7) is 0. The molecule has 0 rings (SSSR count). The predicted octanol–water partition coefficient (Wildman–Crippen LogP) is -7.24. The van der Waals surface area contributed by atoms with E-state index in [0.29, 0.717) is 0 Å². The molecule has 0 saturated heterocycles. The van der Waals surface area contributed by atoms with Crippen LogP contribution in [0.5, 0.6) is 0 Å². The summed E-state index contributed by atoms with van der Waals surface area (Å²) in [7, 11) is -4.67. The van der Waals surface area contributed by atoms with E-state index in [1.165, 1.54) is 0 Å². The van der Waals surface area contributed by atoms with Crippen molar-refractivity contribution in [3.05, 3.63) is 0 Å². The molecule has 0 unspecified atom stereocenters. The van der Waals surface area contributed by atoms with Gasteiger partial charge in [-0.2, -0.15) is 8.42 Å². The molecule has 0 spiro atoms. The second kappa shape index (κ2) is 10.1. The van der Waals surface area contributed by atoms with E-state index in [4.69, 9.17) is 17.5 Å². The van der Waals surface area contributed by atoms with Crippen LogP contribution in [-0.2, 0) is 10.4 Å². The van der Waals surface area contributed by atoms with Gasteiger partial charge in [-0.1, -0.05) is 0 Å². The second-order valence-corrected chi connectivity index (χ2v) is 1.34. The first-order chi connectivity index (χ1) is 2.00. The number of hydrogen-bond donors (Lipinski definition) is 2. The third kappa shape index (κ3) is 62.1. The van der Waals surface area contributed by atoms with Gasteiger partial charge >= 0.3 is 113 Å². The van der Waals surface area contributed by atoms with Gasteiger partial charge in [-0.3, -0.25) is 9.11 Å². The minimum Gasteiger partial charge on any atom is -1.00 e. The fourth-order valence-electron chi connectivity index (χ4n) is 0. The van der Waals surface area contributed by atoms with Crippen LogP contribution in [0, 0.1) is 0 Å². The van der Waals surface area contributed by atoms with Gasteiger partial charge in [0.15, 0.2) is 0 Å². The summed E-state index contributed by atoms with van der Waals surface area (Å²) in [6, 6.07) is 0. The molecule has 0 aliphatic carbocycles. The largest absolute Gasteiger partial charge is 1.00 e. The van der Waals surface area contributed by atoms with Crippen molar-refractivity contribution in [1.82, 2.24) is 0 Å². The number of rotatable bonds is 0. The summed E-state index contributed by atoms with van der Waals surface area (Å²) < 4.78 is 31.6. The minimum atomic E-state index is -4.67. The summed E-state index contributed by atoms with van der Waals surface area (Å²) in [6.07, 6.45) is 0. The Morgan fingerprint density at radius 2 is 1.12 bits per heavy atom. The molecule has 0 aromatic rings. The van der Waals surface area contributed by atoms with Crippen molar-refractivity contribution in [2.45, 2.75) is 0 Å². The van der Waals surface area contributed by atoms with Gasteiger partial charge in [0.1, 0.15) is 0 Å². The summed E-state index contributed by atoms with van der Waals surface area (Å²) in [5.74, 6) is 0. The van der Waals surface area contributed by atoms with Crippen LogP contribution in [0.3, 0.4) is 0 Å². The summed E-state index contributed by atoms with van der Waals surface area (Å²) >= 11 is 0. The second-order valence-electron chi connectivity index (χ2n) is 0.448. The molecule has 5 nitrogen and oxygen atoms in total. The molecule has 0 bridgehead atoms. The molecule has 0 atom stereocenters. The van der Waals surface area contributed by atoms with Crippen molar-refractivity contribution in [3.8, 4) is 0 Å². The molecule has 0 aliphatic rings. The van der Waals surface area contributed by atoms with Crippen LogP contribution in [0.25, 0.3) is 0 Å². The first-order valence-electron chi connectivity index (χ1n) is 0.698. The van der Waals surface area contributed by atoms with Crippen molar-refractivity contribution in [1.29, 1.82) is 0 Å². The van der Waals surface area contributed by atoms with Crippen molar-refractivity contribution >= 4 is 10.4 Å². The molecular weight excluding hydrogens is 190 g/mol. The fraction of sp³-hybridized carbons (Fsp3) is 0.